The summed E-state index contributed by atoms with van der Waals surface area (Å²) in [5, 5.41) is 0.710. The van der Waals surface area contributed by atoms with E-state index >= 15 is 0 Å². The molecule has 0 atom stereocenters. The minimum Gasteiger partial charge on any atom is -0.341 e. The lowest BCUT2D eigenvalue weighted by atomic mass is 10.1. The van der Waals surface area contributed by atoms with Gasteiger partial charge in [0.25, 0.3) is 11.7 Å². The lowest BCUT2D eigenvalue weighted by molar-refractivity contribution is -0.131. The molecule has 0 unspecified atom stereocenters. The van der Waals surface area contributed by atoms with E-state index in [4.69, 9.17) is 0 Å². The van der Waals surface area contributed by atoms with Gasteiger partial charge < -0.3 is 14.4 Å². The SMILES string of the molecule is O=C(C(=O)N1CCc2ccccc21)c1cn(CC(=O)N2CCCCCC2)c2ccccc12. The van der Waals surface area contributed by atoms with Crippen molar-refractivity contribution in [2.24, 2.45) is 0 Å². The van der Waals surface area contributed by atoms with E-state index in [1.54, 1.807) is 11.1 Å². The van der Waals surface area contributed by atoms with Gasteiger partial charge >= 0.3 is 0 Å². The molecule has 5 rings (SSSR count). The van der Waals surface area contributed by atoms with Crippen LogP contribution in [0.1, 0.15) is 41.6 Å². The van der Waals surface area contributed by atoms with Crippen molar-refractivity contribution < 1.29 is 14.4 Å². The Morgan fingerprint density at radius 1 is 0.812 bits per heavy atom. The number of carbonyl (C=O) groups is 3. The first-order valence-electron chi connectivity index (χ1n) is 11.4. The van der Waals surface area contributed by atoms with Crippen LogP contribution < -0.4 is 4.90 Å². The van der Waals surface area contributed by atoms with Crippen molar-refractivity contribution in [1.29, 1.82) is 0 Å². The third-order valence-electron chi connectivity index (χ3n) is 6.62. The van der Waals surface area contributed by atoms with Gasteiger partial charge in [-0.1, -0.05) is 49.2 Å². The first kappa shape index (κ1) is 20.5. The van der Waals surface area contributed by atoms with Crippen LogP contribution in [0, 0.1) is 0 Å². The second kappa shape index (κ2) is 8.61. The van der Waals surface area contributed by atoms with E-state index in [2.05, 4.69) is 0 Å². The van der Waals surface area contributed by atoms with E-state index in [0.29, 0.717) is 17.5 Å². The molecule has 2 aromatic carbocycles. The summed E-state index contributed by atoms with van der Waals surface area (Å²) in [6.45, 7) is 2.26. The Balaban J connectivity index is 1.43. The summed E-state index contributed by atoms with van der Waals surface area (Å²) in [7, 11) is 0. The number of aromatic nitrogens is 1. The molecule has 1 saturated heterocycles. The molecule has 1 aromatic heterocycles. The standard InChI is InChI=1S/C26H27N3O3/c30-24(27-14-7-1-2-8-15-27)18-28-17-21(20-10-4-6-12-23(20)28)25(31)26(32)29-16-13-19-9-3-5-11-22(19)29/h3-6,9-12,17H,1-2,7-8,13-16,18H2. The summed E-state index contributed by atoms with van der Waals surface area (Å²) < 4.78 is 1.82. The lowest BCUT2D eigenvalue weighted by Gasteiger charge is -2.20. The number of fused-ring (bicyclic) bond motifs is 2. The minimum absolute atomic E-state index is 0.0615. The number of likely N-dealkylation sites (tertiary alicyclic amines) is 1. The predicted molar refractivity (Wildman–Crippen MR) is 124 cm³/mol. The first-order valence-corrected chi connectivity index (χ1v) is 11.4. The van der Waals surface area contributed by atoms with Crippen LogP contribution in [-0.2, 0) is 22.6 Å². The van der Waals surface area contributed by atoms with Crippen molar-refractivity contribution in [3.8, 4) is 0 Å². The summed E-state index contributed by atoms with van der Waals surface area (Å²) in [5.41, 5.74) is 3.05. The van der Waals surface area contributed by atoms with Gasteiger partial charge in [0.1, 0.15) is 6.54 Å². The van der Waals surface area contributed by atoms with Crippen LogP contribution in [0.25, 0.3) is 10.9 Å². The number of para-hydroxylation sites is 2. The molecule has 3 heterocycles. The molecule has 0 N–H and O–H groups in total. The first-order chi connectivity index (χ1) is 15.6. The molecule has 0 saturated carbocycles. The summed E-state index contributed by atoms with van der Waals surface area (Å²) in [6, 6.07) is 15.2. The molecule has 164 valence electrons. The number of benzene rings is 2. The van der Waals surface area contributed by atoms with Crippen molar-refractivity contribution >= 4 is 34.2 Å². The summed E-state index contributed by atoms with van der Waals surface area (Å²) in [6.07, 6.45) is 6.83. The number of hydrogen-bond donors (Lipinski definition) is 0. The molecule has 6 nitrogen and oxygen atoms in total. The Morgan fingerprint density at radius 2 is 1.53 bits per heavy atom. The molecule has 0 spiro atoms. The lowest BCUT2D eigenvalue weighted by Crippen LogP contribution is -2.35. The zero-order valence-electron chi connectivity index (χ0n) is 18.1. The van der Waals surface area contributed by atoms with Gasteiger partial charge in [-0.25, -0.2) is 0 Å². The highest BCUT2D eigenvalue weighted by Gasteiger charge is 2.31. The molecule has 3 aromatic rings. The monoisotopic (exact) mass is 429 g/mol. The Bertz CT molecular complexity index is 1190. The Kier molecular flexibility index (Phi) is 5.52. The van der Waals surface area contributed by atoms with Crippen molar-refractivity contribution in [3.63, 3.8) is 0 Å². The van der Waals surface area contributed by atoms with Crippen molar-refractivity contribution in [1.82, 2.24) is 9.47 Å². The molecule has 32 heavy (non-hydrogen) atoms. The zero-order chi connectivity index (χ0) is 22.1. The topological polar surface area (TPSA) is 62.6 Å². The molecular formula is C26H27N3O3. The van der Waals surface area contributed by atoms with E-state index < -0.39 is 11.7 Å². The van der Waals surface area contributed by atoms with Gasteiger partial charge in [-0.15, -0.1) is 0 Å². The average molecular weight is 430 g/mol. The normalized spacial score (nSPS) is 16.1. The summed E-state index contributed by atoms with van der Waals surface area (Å²) >= 11 is 0. The fraction of sp³-hybridized carbons (Fsp3) is 0.346. The maximum Gasteiger partial charge on any atom is 0.299 e. The highest BCUT2D eigenvalue weighted by molar-refractivity contribution is 6.49. The van der Waals surface area contributed by atoms with Crippen LogP contribution in [0.15, 0.2) is 54.7 Å². The van der Waals surface area contributed by atoms with Crippen LogP contribution in [0.2, 0.25) is 0 Å². The smallest absolute Gasteiger partial charge is 0.299 e. The number of ketones is 1. The summed E-state index contributed by atoms with van der Waals surface area (Å²) in [4.78, 5) is 42.9. The van der Waals surface area contributed by atoms with Crippen molar-refractivity contribution in [3.05, 3.63) is 65.9 Å². The minimum atomic E-state index is -0.529. The number of amides is 2. The largest absolute Gasteiger partial charge is 0.341 e. The number of carbonyl (C=O) groups excluding carboxylic acids is 3. The average Bonchev–Trinajstić information content (AvgIpc) is 3.29. The van der Waals surface area contributed by atoms with E-state index in [1.165, 1.54) is 0 Å². The van der Waals surface area contributed by atoms with Gasteiger partial charge in [-0.2, -0.15) is 0 Å². The molecule has 0 radical (unpaired) electrons. The predicted octanol–water partition coefficient (Wildman–Crippen LogP) is 3.82. The molecule has 2 aliphatic heterocycles. The van der Waals surface area contributed by atoms with Crippen LogP contribution >= 0.6 is 0 Å². The maximum absolute atomic E-state index is 13.3. The highest BCUT2D eigenvalue weighted by Crippen LogP contribution is 2.29. The van der Waals surface area contributed by atoms with Crippen LogP contribution in [0.5, 0.6) is 0 Å². The summed E-state index contributed by atoms with van der Waals surface area (Å²) in [5.74, 6) is -0.984. The third kappa shape index (κ3) is 3.70. The fourth-order valence-electron chi connectivity index (χ4n) is 4.91. The van der Waals surface area contributed by atoms with Gasteiger partial charge in [0.15, 0.2) is 0 Å². The van der Waals surface area contributed by atoms with Gasteiger partial charge in [0, 0.05) is 42.4 Å². The number of Topliss-reactive ketones (excluding diaryl/α,β-unsaturated/α-hetero) is 1. The number of rotatable bonds is 4. The highest BCUT2D eigenvalue weighted by atomic mass is 16.2. The quantitative estimate of drug-likeness (QED) is 0.468. The number of hydrogen-bond acceptors (Lipinski definition) is 3. The van der Waals surface area contributed by atoms with E-state index in [-0.39, 0.29) is 12.5 Å². The second-order valence-corrected chi connectivity index (χ2v) is 8.65. The van der Waals surface area contributed by atoms with Crippen LogP contribution in [0.4, 0.5) is 5.69 Å². The zero-order valence-corrected chi connectivity index (χ0v) is 18.1. The fourth-order valence-corrected chi connectivity index (χ4v) is 4.91. The maximum atomic E-state index is 13.3. The Morgan fingerprint density at radius 3 is 2.34 bits per heavy atom. The van der Waals surface area contributed by atoms with Crippen LogP contribution in [0.3, 0.4) is 0 Å². The van der Waals surface area contributed by atoms with Gasteiger partial charge in [0.05, 0.1) is 5.56 Å². The van der Waals surface area contributed by atoms with E-state index in [9.17, 15) is 14.4 Å². The Labute approximate surface area is 187 Å². The van der Waals surface area contributed by atoms with Gasteiger partial charge in [-0.05, 0) is 37.0 Å². The molecule has 6 heteroatoms. The number of anilines is 1. The molecule has 1 fully saturated rings. The Hall–Kier alpha value is -3.41. The van der Waals surface area contributed by atoms with E-state index in [1.807, 2.05) is 58.0 Å². The van der Waals surface area contributed by atoms with Gasteiger partial charge in [-0.3, -0.25) is 14.4 Å². The van der Waals surface area contributed by atoms with Crippen LogP contribution in [-0.4, -0.2) is 46.7 Å². The van der Waals surface area contributed by atoms with Gasteiger partial charge in [0.2, 0.25) is 5.91 Å². The molecule has 2 aliphatic rings. The number of nitrogens with zero attached hydrogens (tertiary/aromatic N) is 3. The van der Waals surface area contributed by atoms with Crippen molar-refractivity contribution in [2.45, 2.75) is 38.6 Å². The second-order valence-electron chi connectivity index (χ2n) is 8.65. The third-order valence-corrected chi connectivity index (χ3v) is 6.62. The molecule has 0 bridgehead atoms. The molecule has 0 aliphatic carbocycles. The molecular weight excluding hydrogens is 402 g/mol. The molecule has 2 amide bonds. The van der Waals surface area contributed by atoms with Crippen molar-refractivity contribution in [2.75, 3.05) is 24.5 Å². The van der Waals surface area contributed by atoms with E-state index in [0.717, 1.165) is 62.0 Å².